The molecule has 1 aromatic heterocycles. The van der Waals surface area contributed by atoms with Crippen molar-refractivity contribution in [2.75, 3.05) is 7.11 Å². The molecule has 0 aliphatic carbocycles. The second-order valence-electron chi connectivity index (χ2n) is 6.63. The van der Waals surface area contributed by atoms with Crippen LogP contribution in [0.4, 0.5) is 0 Å². The zero-order valence-electron chi connectivity index (χ0n) is 15.4. The highest BCUT2D eigenvalue weighted by atomic mass is 79.9. The SMILES string of the molecule is COC(=O)[C@](C)(Cc1ccc2c(c1)c(Br)cn2C(=O)c1ccccc1)NC=O. The standard InChI is InChI=1S/C21H19BrN2O4/c1-21(23-13-25,20(27)28-2)11-14-8-9-18-16(10-14)17(22)12-24(18)19(26)15-6-4-3-5-7-15/h3-10,12-13H,11H2,1-2H3,(H,23,25)/t21-/m0/s1. The molecule has 1 N–H and O–H groups in total. The Kier molecular flexibility index (Phi) is 5.65. The van der Waals surface area contributed by atoms with E-state index in [0.717, 1.165) is 20.9 Å². The number of fused-ring (bicyclic) bond motifs is 1. The van der Waals surface area contributed by atoms with Gasteiger partial charge in [-0.05, 0) is 52.7 Å². The lowest BCUT2D eigenvalue weighted by Crippen LogP contribution is -2.51. The minimum Gasteiger partial charge on any atom is -0.467 e. The van der Waals surface area contributed by atoms with Crippen molar-refractivity contribution < 1.29 is 19.1 Å². The predicted molar refractivity (Wildman–Crippen MR) is 109 cm³/mol. The van der Waals surface area contributed by atoms with E-state index in [2.05, 4.69) is 21.2 Å². The molecule has 0 fully saturated rings. The van der Waals surface area contributed by atoms with E-state index in [9.17, 15) is 14.4 Å². The van der Waals surface area contributed by atoms with Crippen LogP contribution in [0, 0.1) is 0 Å². The number of nitrogens with one attached hydrogen (secondary N) is 1. The molecule has 28 heavy (non-hydrogen) atoms. The number of carbonyl (C=O) groups excluding carboxylic acids is 3. The Morgan fingerprint density at radius 1 is 1.21 bits per heavy atom. The van der Waals surface area contributed by atoms with E-state index >= 15 is 0 Å². The van der Waals surface area contributed by atoms with Crippen LogP contribution >= 0.6 is 15.9 Å². The number of rotatable bonds is 6. The van der Waals surface area contributed by atoms with Crippen LogP contribution in [0.2, 0.25) is 0 Å². The molecule has 0 saturated carbocycles. The molecule has 6 nitrogen and oxygen atoms in total. The second-order valence-corrected chi connectivity index (χ2v) is 7.49. The minimum atomic E-state index is -1.18. The molecule has 144 valence electrons. The van der Waals surface area contributed by atoms with Crippen LogP contribution in [0.25, 0.3) is 10.9 Å². The number of hydrogen-bond donors (Lipinski definition) is 1. The largest absolute Gasteiger partial charge is 0.467 e. The van der Waals surface area contributed by atoms with Crippen LogP contribution in [0.1, 0.15) is 22.8 Å². The van der Waals surface area contributed by atoms with Crippen LogP contribution in [-0.2, 0) is 20.7 Å². The summed E-state index contributed by atoms with van der Waals surface area (Å²) >= 11 is 3.51. The number of amides is 1. The summed E-state index contributed by atoms with van der Waals surface area (Å²) in [6, 6.07) is 14.6. The van der Waals surface area contributed by atoms with Crippen molar-refractivity contribution in [1.82, 2.24) is 9.88 Å². The van der Waals surface area contributed by atoms with E-state index in [1.165, 1.54) is 7.11 Å². The van der Waals surface area contributed by atoms with Crippen molar-refractivity contribution in [2.24, 2.45) is 0 Å². The summed E-state index contributed by atoms with van der Waals surface area (Å²) in [6.45, 7) is 1.61. The summed E-state index contributed by atoms with van der Waals surface area (Å²) in [6.07, 6.45) is 2.46. The average Bonchev–Trinajstić information content (AvgIpc) is 3.03. The monoisotopic (exact) mass is 442 g/mol. The fourth-order valence-corrected chi connectivity index (χ4v) is 3.70. The molecule has 0 aliphatic heterocycles. The molecule has 0 spiro atoms. The summed E-state index contributed by atoms with van der Waals surface area (Å²) in [4.78, 5) is 35.9. The molecule has 1 amide bonds. The number of aromatic nitrogens is 1. The number of benzene rings is 2. The molecule has 3 rings (SSSR count). The molecule has 3 aromatic rings. The lowest BCUT2D eigenvalue weighted by Gasteiger charge is -2.26. The molecule has 2 aromatic carbocycles. The van der Waals surface area contributed by atoms with Gasteiger partial charge in [-0.1, -0.05) is 24.3 Å². The number of nitrogens with zero attached hydrogens (tertiary/aromatic N) is 1. The Balaban J connectivity index is 1.99. The molecule has 0 aliphatic rings. The van der Waals surface area contributed by atoms with Gasteiger partial charge >= 0.3 is 5.97 Å². The summed E-state index contributed by atoms with van der Waals surface area (Å²) in [5, 5.41) is 3.37. The van der Waals surface area contributed by atoms with E-state index in [4.69, 9.17) is 4.74 Å². The van der Waals surface area contributed by atoms with Gasteiger partial charge in [0.15, 0.2) is 0 Å². The number of halogens is 1. The number of ether oxygens (including phenoxy) is 1. The van der Waals surface area contributed by atoms with Gasteiger partial charge in [0.25, 0.3) is 5.91 Å². The Bertz CT molecular complexity index is 1050. The third-order valence-corrected chi connectivity index (χ3v) is 5.26. The zero-order chi connectivity index (χ0) is 20.3. The third-order valence-electron chi connectivity index (χ3n) is 4.63. The number of methoxy groups -OCH3 is 1. The van der Waals surface area contributed by atoms with Gasteiger partial charge in [0.2, 0.25) is 6.41 Å². The molecule has 0 radical (unpaired) electrons. The highest BCUT2D eigenvalue weighted by Gasteiger charge is 2.34. The molecule has 7 heteroatoms. The highest BCUT2D eigenvalue weighted by molar-refractivity contribution is 9.10. The average molecular weight is 443 g/mol. The number of carbonyl (C=O) groups is 3. The van der Waals surface area contributed by atoms with Crippen LogP contribution in [0.5, 0.6) is 0 Å². The third kappa shape index (κ3) is 3.71. The van der Waals surface area contributed by atoms with E-state index in [1.807, 2.05) is 36.4 Å². The minimum absolute atomic E-state index is 0.133. The fraction of sp³-hybridized carbons (Fsp3) is 0.190. The molecule has 0 saturated heterocycles. The van der Waals surface area contributed by atoms with Gasteiger partial charge in [0.1, 0.15) is 5.54 Å². The van der Waals surface area contributed by atoms with Crippen LogP contribution in [0.15, 0.2) is 59.2 Å². The lowest BCUT2D eigenvalue weighted by molar-refractivity contribution is -0.148. The highest BCUT2D eigenvalue weighted by Crippen LogP contribution is 2.29. The first-order chi connectivity index (χ1) is 13.4. The Hall–Kier alpha value is -2.93. The van der Waals surface area contributed by atoms with Crippen molar-refractivity contribution in [2.45, 2.75) is 18.9 Å². The van der Waals surface area contributed by atoms with E-state index in [1.54, 1.807) is 29.8 Å². The summed E-state index contributed by atoms with van der Waals surface area (Å²) in [5.41, 5.74) is 0.969. The van der Waals surface area contributed by atoms with Gasteiger partial charge in [-0.3, -0.25) is 14.2 Å². The first-order valence-electron chi connectivity index (χ1n) is 8.58. The Morgan fingerprint density at radius 2 is 1.93 bits per heavy atom. The number of esters is 1. The van der Waals surface area contributed by atoms with Crippen molar-refractivity contribution in [3.8, 4) is 0 Å². The Labute approximate surface area is 170 Å². The van der Waals surface area contributed by atoms with Gasteiger partial charge in [-0.2, -0.15) is 0 Å². The Morgan fingerprint density at radius 3 is 2.57 bits per heavy atom. The van der Waals surface area contributed by atoms with Gasteiger partial charge < -0.3 is 10.1 Å². The van der Waals surface area contributed by atoms with Gasteiger partial charge in [0, 0.05) is 28.0 Å². The van der Waals surface area contributed by atoms with Crippen LogP contribution in [-0.4, -0.2) is 35.5 Å². The molecular formula is C21H19BrN2O4. The van der Waals surface area contributed by atoms with E-state index in [-0.39, 0.29) is 12.3 Å². The zero-order valence-corrected chi connectivity index (χ0v) is 17.0. The first-order valence-corrected chi connectivity index (χ1v) is 9.38. The van der Waals surface area contributed by atoms with Gasteiger partial charge in [-0.25, -0.2) is 4.79 Å². The fourth-order valence-electron chi connectivity index (χ4n) is 3.18. The quantitative estimate of drug-likeness (QED) is 0.469. The topological polar surface area (TPSA) is 77.4 Å². The maximum atomic E-state index is 12.8. The smallest absolute Gasteiger partial charge is 0.331 e. The molecular weight excluding hydrogens is 424 g/mol. The second kappa shape index (κ2) is 7.98. The van der Waals surface area contributed by atoms with E-state index < -0.39 is 11.5 Å². The molecule has 1 atom stereocenters. The van der Waals surface area contributed by atoms with Crippen LogP contribution < -0.4 is 5.32 Å². The molecule has 0 bridgehead atoms. The van der Waals surface area contributed by atoms with Crippen LogP contribution in [0.3, 0.4) is 0 Å². The summed E-state index contributed by atoms with van der Waals surface area (Å²) in [7, 11) is 1.28. The van der Waals surface area contributed by atoms with Gasteiger partial charge in [0.05, 0.1) is 12.6 Å². The van der Waals surface area contributed by atoms with Crippen molar-refractivity contribution in [3.05, 3.63) is 70.3 Å². The summed E-state index contributed by atoms with van der Waals surface area (Å²) in [5.74, 6) is -0.665. The van der Waals surface area contributed by atoms with Gasteiger partial charge in [-0.15, -0.1) is 0 Å². The van der Waals surface area contributed by atoms with E-state index in [0.29, 0.717) is 12.0 Å². The normalized spacial score (nSPS) is 13.0. The van der Waals surface area contributed by atoms with Crippen molar-refractivity contribution in [1.29, 1.82) is 0 Å². The molecule has 1 heterocycles. The number of hydrogen-bond acceptors (Lipinski definition) is 4. The van der Waals surface area contributed by atoms with Crippen molar-refractivity contribution >= 4 is 45.1 Å². The lowest BCUT2D eigenvalue weighted by atomic mass is 9.92. The summed E-state index contributed by atoms with van der Waals surface area (Å²) < 4.78 is 7.16. The maximum Gasteiger partial charge on any atom is 0.331 e. The first kappa shape index (κ1) is 19.8. The predicted octanol–water partition coefficient (Wildman–Crippen LogP) is 3.31. The van der Waals surface area contributed by atoms with Crippen molar-refractivity contribution in [3.63, 3.8) is 0 Å². The maximum absolute atomic E-state index is 12.8. The molecule has 0 unspecified atom stereocenters.